The summed E-state index contributed by atoms with van der Waals surface area (Å²) >= 11 is 0. The fourth-order valence-electron chi connectivity index (χ4n) is 2.84. The van der Waals surface area contributed by atoms with Gasteiger partial charge in [0.2, 0.25) is 0 Å². The summed E-state index contributed by atoms with van der Waals surface area (Å²) < 4.78 is 40.1. The molecule has 0 amide bonds. The quantitative estimate of drug-likeness (QED) is 0.605. The van der Waals surface area contributed by atoms with Crippen LogP contribution in [-0.2, 0) is 6.54 Å². The number of H-pyrrole nitrogens is 1. The molecule has 0 fully saturated rings. The predicted octanol–water partition coefficient (Wildman–Crippen LogP) is 3.60. The highest BCUT2D eigenvalue weighted by Crippen LogP contribution is 2.34. The smallest absolute Gasteiger partial charge is 0.257 e. The van der Waals surface area contributed by atoms with Gasteiger partial charge in [0.05, 0.1) is 18.1 Å². The van der Waals surface area contributed by atoms with E-state index in [9.17, 15) is 13.2 Å². The minimum absolute atomic E-state index is 0.388. The van der Waals surface area contributed by atoms with E-state index in [1.54, 1.807) is 6.20 Å². The molecule has 0 aliphatic carbocycles. The van der Waals surface area contributed by atoms with E-state index in [1.807, 2.05) is 13.0 Å². The number of rotatable bonds is 4. The van der Waals surface area contributed by atoms with Gasteiger partial charge in [0.15, 0.2) is 5.65 Å². The first-order valence-corrected chi connectivity index (χ1v) is 7.80. The van der Waals surface area contributed by atoms with Crippen LogP contribution in [0.15, 0.2) is 36.8 Å². The molecule has 4 aromatic rings. The number of alkyl halides is 2. The Balaban J connectivity index is 1.95. The topological polar surface area (TPSA) is 72.3 Å². The lowest BCUT2D eigenvalue weighted by Crippen LogP contribution is -2.06. The van der Waals surface area contributed by atoms with Crippen molar-refractivity contribution in [3.63, 3.8) is 0 Å². The van der Waals surface area contributed by atoms with Crippen molar-refractivity contribution in [3.8, 4) is 22.5 Å². The molecule has 26 heavy (non-hydrogen) atoms. The summed E-state index contributed by atoms with van der Waals surface area (Å²) in [4.78, 5) is 8.40. The molecule has 4 aromatic heterocycles. The summed E-state index contributed by atoms with van der Waals surface area (Å²) in [5.41, 5.74) is 3.43. The van der Waals surface area contributed by atoms with Crippen LogP contribution in [0.1, 0.15) is 5.69 Å². The average Bonchev–Trinajstić information content (AvgIpc) is 3.21. The van der Waals surface area contributed by atoms with Crippen molar-refractivity contribution in [1.29, 1.82) is 0 Å². The summed E-state index contributed by atoms with van der Waals surface area (Å²) in [7, 11) is 0. The minimum Gasteiger partial charge on any atom is -0.266 e. The third kappa shape index (κ3) is 2.92. The number of aromatic nitrogens is 6. The van der Waals surface area contributed by atoms with Gasteiger partial charge < -0.3 is 0 Å². The summed E-state index contributed by atoms with van der Waals surface area (Å²) in [5.74, 6) is -0.487. The van der Waals surface area contributed by atoms with Gasteiger partial charge in [0.25, 0.3) is 6.43 Å². The Morgan fingerprint density at radius 3 is 2.77 bits per heavy atom. The van der Waals surface area contributed by atoms with E-state index in [0.29, 0.717) is 22.6 Å². The van der Waals surface area contributed by atoms with Gasteiger partial charge in [-0.05, 0) is 30.7 Å². The van der Waals surface area contributed by atoms with Gasteiger partial charge in [-0.15, -0.1) is 0 Å². The maximum atomic E-state index is 13.2. The molecule has 1 N–H and O–H groups in total. The third-order valence-corrected chi connectivity index (χ3v) is 3.90. The molecule has 4 heterocycles. The lowest BCUT2D eigenvalue weighted by atomic mass is 10.0. The van der Waals surface area contributed by atoms with Crippen LogP contribution in [0, 0.1) is 12.7 Å². The summed E-state index contributed by atoms with van der Waals surface area (Å²) in [6.07, 6.45) is 1.66. The molecule has 0 aliphatic heterocycles. The van der Waals surface area contributed by atoms with Crippen LogP contribution in [0.5, 0.6) is 0 Å². The van der Waals surface area contributed by atoms with Crippen molar-refractivity contribution < 1.29 is 13.2 Å². The molecule has 4 rings (SSSR count). The van der Waals surface area contributed by atoms with Crippen molar-refractivity contribution in [3.05, 3.63) is 48.3 Å². The van der Waals surface area contributed by atoms with E-state index in [-0.39, 0.29) is 0 Å². The highest BCUT2D eigenvalue weighted by atomic mass is 19.3. The van der Waals surface area contributed by atoms with Gasteiger partial charge in [-0.1, -0.05) is 0 Å². The lowest BCUT2D eigenvalue weighted by Gasteiger charge is -2.05. The van der Waals surface area contributed by atoms with Gasteiger partial charge in [0.1, 0.15) is 18.1 Å². The summed E-state index contributed by atoms with van der Waals surface area (Å²) in [5, 5.41) is 11.8. The SMILES string of the molecule is Cc1cc(-c2cn(CC(F)F)nc2-c2ccc(F)cn2)c2cn[nH]c2n1. The molecular weight excluding hydrogens is 345 g/mol. The number of aryl methyl sites for hydroxylation is 1. The van der Waals surface area contributed by atoms with Crippen LogP contribution in [0.3, 0.4) is 0 Å². The standard InChI is InChI=1S/C17H13F3N6/c1-9-4-11(12-6-22-24-17(12)23-9)13-7-26(8-15(19)20)25-16(13)14-3-2-10(18)5-21-14/h2-7,15H,8H2,1H3,(H,22,23,24). The monoisotopic (exact) mass is 358 g/mol. The number of hydrogen-bond donors (Lipinski definition) is 1. The number of pyridine rings is 2. The Labute approximate surface area is 145 Å². The maximum absolute atomic E-state index is 13.2. The number of halogens is 3. The van der Waals surface area contributed by atoms with Crippen molar-refractivity contribution in [2.45, 2.75) is 19.9 Å². The molecule has 132 valence electrons. The highest BCUT2D eigenvalue weighted by molar-refractivity contribution is 5.96. The van der Waals surface area contributed by atoms with Crippen LogP contribution < -0.4 is 0 Å². The maximum Gasteiger partial charge on any atom is 0.257 e. The molecule has 0 aromatic carbocycles. The van der Waals surface area contributed by atoms with Crippen LogP contribution >= 0.6 is 0 Å². The molecule has 0 bridgehead atoms. The van der Waals surface area contributed by atoms with Crippen molar-refractivity contribution in [2.24, 2.45) is 0 Å². The molecule has 0 saturated heterocycles. The Bertz CT molecular complexity index is 1070. The first-order valence-electron chi connectivity index (χ1n) is 7.80. The molecule has 0 unspecified atom stereocenters. The molecule has 0 aliphatic rings. The number of nitrogens with one attached hydrogen (secondary N) is 1. The second-order valence-corrected chi connectivity index (χ2v) is 5.81. The lowest BCUT2D eigenvalue weighted by molar-refractivity contribution is 0.122. The second kappa shape index (κ2) is 6.25. The third-order valence-electron chi connectivity index (χ3n) is 3.90. The van der Waals surface area contributed by atoms with Gasteiger partial charge in [0, 0.05) is 22.8 Å². The average molecular weight is 358 g/mol. The first-order chi connectivity index (χ1) is 12.5. The molecule has 6 nitrogen and oxygen atoms in total. The van der Waals surface area contributed by atoms with Crippen LogP contribution in [0.2, 0.25) is 0 Å². The number of hydrogen-bond acceptors (Lipinski definition) is 4. The fraction of sp³-hybridized carbons (Fsp3) is 0.176. The minimum atomic E-state index is -2.55. The van der Waals surface area contributed by atoms with Gasteiger partial charge in [-0.2, -0.15) is 10.2 Å². The zero-order valence-corrected chi connectivity index (χ0v) is 13.6. The Hall–Kier alpha value is -3.23. The van der Waals surface area contributed by atoms with Crippen LogP contribution in [0.25, 0.3) is 33.5 Å². The second-order valence-electron chi connectivity index (χ2n) is 5.81. The van der Waals surface area contributed by atoms with E-state index in [4.69, 9.17) is 0 Å². The fourth-order valence-corrected chi connectivity index (χ4v) is 2.84. The molecule has 0 atom stereocenters. The van der Waals surface area contributed by atoms with Crippen molar-refractivity contribution >= 4 is 11.0 Å². The van der Waals surface area contributed by atoms with E-state index < -0.39 is 18.8 Å². The van der Waals surface area contributed by atoms with Crippen LogP contribution in [-0.4, -0.2) is 36.4 Å². The Morgan fingerprint density at radius 1 is 1.19 bits per heavy atom. The van der Waals surface area contributed by atoms with E-state index >= 15 is 0 Å². The predicted molar refractivity (Wildman–Crippen MR) is 89.0 cm³/mol. The molecule has 0 spiro atoms. The zero-order chi connectivity index (χ0) is 18.3. The molecule has 9 heteroatoms. The van der Waals surface area contributed by atoms with Gasteiger partial charge >= 0.3 is 0 Å². The van der Waals surface area contributed by atoms with E-state index in [2.05, 4.69) is 25.3 Å². The van der Waals surface area contributed by atoms with E-state index in [1.165, 1.54) is 23.0 Å². The highest BCUT2D eigenvalue weighted by Gasteiger charge is 2.19. The molecule has 0 saturated carbocycles. The van der Waals surface area contributed by atoms with Crippen molar-refractivity contribution in [2.75, 3.05) is 0 Å². The van der Waals surface area contributed by atoms with E-state index in [0.717, 1.165) is 22.8 Å². The number of fused-ring (bicyclic) bond motifs is 1. The number of aromatic amines is 1. The van der Waals surface area contributed by atoms with Gasteiger partial charge in [-0.3, -0.25) is 14.8 Å². The number of nitrogens with zero attached hydrogens (tertiary/aromatic N) is 5. The zero-order valence-electron chi connectivity index (χ0n) is 13.6. The summed E-state index contributed by atoms with van der Waals surface area (Å²) in [6, 6.07) is 4.55. The largest absolute Gasteiger partial charge is 0.266 e. The molecule has 0 radical (unpaired) electrons. The summed E-state index contributed by atoms with van der Waals surface area (Å²) in [6.45, 7) is 1.27. The van der Waals surface area contributed by atoms with Crippen LogP contribution in [0.4, 0.5) is 13.2 Å². The Kier molecular flexibility index (Phi) is 3.90. The van der Waals surface area contributed by atoms with Crippen molar-refractivity contribution in [1.82, 2.24) is 29.9 Å². The van der Waals surface area contributed by atoms with Gasteiger partial charge in [-0.25, -0.2) is 18.2 Å². The normalized spacial score (nSPS) is 11.6. The first kappa shape index (κ1) is 16.2. The Morgan fingerprint density at radius 2 is 2.04 bits per heavy atom. The molecular formula is C17H13F3N6.